The summed E-state index contributed by atoms with van der Waals surface area (Å²) in [5.41, 5.74) is -7.69. The first-order valence-corrected chi connectivity index (χ1v) is 12.6. The largest absolute Gasteiger partial charge is 0.509 e. The third kappa shape index (κ3) is 2.84. The summed E-state index contributed by atoms with van der Waals surface area (Å²) in [6.45, 7) is 6.76. The van der Waals surface area contributed by atoms with Crippen molar-refractivity contribution in [2.45, 2.75) is 57.3 Å². The minimum atomic E-state index is -2.65. The van der Waals surface area contributed by atoms with Crippen LogP contribution in [0.25, 0.3) is 0 Å². The van der Waals surface area contributed by atoms with Gasteiger partial charge in [0, 0.05) is 36.8 Å². The lowest BCUT2D eigenvalue weighted by Gasteiger charge is -2.43. The Morgan fingerprint density at radius 2 is 1.76 bits per heavy atom. The highest BCUT2D eigenvalue weighted by atomic mass is 16.4. The molecule has 11 nitrogen and oxygen atoms in total. The molecule has 204 valence electrons. The van der Waals surface area contributed by atoms with Crippen molar-refractivity contribution >= 4 is 34.6 Å². The molecule has 0 aromatic heterocycles. The highest BCUT2D eigenvalue weighted by molar-refractivity contribution is 6.33. The monoisotopic (exact) mass is 527 g/mol. The number of fused-ring (bicyclic) bond motifs is 1. The number of benzene rings is 1. The van der Waals surface area contributed by atoms with Crippen LogP contribution in [0, 0.1) is 17.3 Å². The minimum Gasteiger partial charge on any atom is -0.509 e. The Kier molecular flexibility index (Phi) is 5.30. The average molecular weight is 528 g/mol. The van der Waals surface area contributed by atoms with Crippen molar-refractivity contribution in [1.82, 2.24) is 5.32 Å². The summed E-state index contributed by atoms with van der Waals surface area (Å²) in [7, 11) is 3.44. The summed E-state index contributed by atoms with van der Waals surface area (Å²) in [5, 5.41) is 51.1. The molecule has 0 aliphatic heterocycles. The number of rotatable bonds is 4. The lowest BCUT2D eigenvalue weighted by atomic mass is 9.58. The molecule has 0 radical (unpaired) electrons. The molecule has 1 amide bonds. The topological polar surface area (TPSA) is 176 Å². The number of aliphatic hydroxyl groups is 3. The number of carbonyl (C=O) groups is 4. The zero-order valence-corrected chi connectivity index (χ0v) is 22.2. The molecular weight excluding hydrogens is 494 g/mol. The highest BCUT2D eigenvalue weighted by Crippen LogP contribution is 2.73. The van der Waals surface area contributed by atoms with E-state index in [1.54, 1.807) is 19.0 Å². The van der Waals surface area contributed by atoms with Crippen molar-refractivity contribution in [3.8, 4) is 5.75 Å². The Morgan fingerprint density at radius 1 is 1.13 bits per heavy atom. The van der Waals surface area contributed by atoms with Gasteiger partial charge in [0.05, 0.1) is 17.8 Å². The van der Waals surface area contributed by atoms with E-state index in [0.717, 1.165) is 0 Å². The lowest BCUT2D eigenvalue weighted by molar-refractivity contribution is -0.158. The van der Waals surface area contributed by atoms with E-state index in [0.29, 0.717) is 11.3 Å². The maximum absolute atomic E-state index is 14.4. The fourth-order valence-electron chi connectivity index (χ4n) is 7.13. The Hall–Kier alpha value is -3.28. The van der Waals surface area contributed by atoms with Crippen LogP contribution in [0.5, 0.6) is 5.75 Å². The number of hydrogen-bond donors (Lipinski definition) is 6. The molecule has 1 spiro atoms. The molecule has 2 saturated carbocycles. The zero-order chi connectivity index (χ0) is 28.3. The van der Waals surface area contributed by atoms with Crippen molar-refractivity contribution in [1.29, 1.82) is 0 Å². The Labute approximate surface area is 219 Å². The van der Waals surface area contributed by atoms with E-state index in [4.69, 9.17) is 0 Å². The third-order valence-corrected chi connectivity index (χ3v) is 8.80. The van der Waals surface area contributed by atoms with Gasteiger partial charge in [0.15, 0.2) is 17.2 Å². The van der Waals surface area contributed by atoms with E-state index in [-0.39, 0.29) is 41.7 Å². The zero-order valence-electron chi connectivity index (χ0n) is 22.2. The van der Waals surface area contributed by atoms with E-state index in [1.165, 1.54) is 13.0 Å². The molecule has 5 rings (SSSR count). The summed E-state index contributed by atoms with van der Waals surface area (Å²) in [5.74, 6) is -7.30. The molecule has 6 N–H and O–H groups in total. The predicted octanol–water partition coefficient (Wildman–Crippen LogP) is 0.606. The van der Waals surface area contributed by atoms with Gasteiger partial charge in [-0.25, -0.2) is 0 Å². The first-order chi connectivity index (χ1) is 17.5. The van der Waals surface area contributed by atoms with Gasteiger partial charge in [0.25, 0.3) is 0 Å². The number of aromatic hydroxyl groups is 1. The fraction of sp³-hybridized carbons (Fsp3) is 0.556. The number of hydrogen-bond acceptors (Lipinski definition) is 10. The van der Waals surface area contributed by atoms with Gasteiger partial charge in [-0.2, -0.15) is 0 Å². The minimum absolute atomic E-state index is 0.0579. The van der Waals surface area contributed by atoms with E-state index >= 15 is 0 Å². The quantitative estimate of drug-likeness (QED) is 0.240. The van der Waals surface area contributed by atoms with Gasteiger partial charge in [-0.05, 0) is 58.1 Å². The first-order valence-electron chi connectivity index (χ1n) is 12.6. The molecule has 0 heterocycles. The summed E-state index contributed by atoms with van der Waals surface area (Å²) in [6, 6.07) is 1.54. The third-order valence-electron chi connectivity index (χ3n) is 8.80. The fourth-order valence-corrected chi connectivity index (χ4v) is 7.13. The molecule has 4 aliphatic carbocycles. The number of carbonyl (C=O) groups excluding carboxylic acids is 4. The predicted molar refractivity (Wildman–Crippen MR) is 136 cm³/mol. The lowest BCUT2D eigenvalue weighted by Crippen LogP contribution is -2.59. The highest BCUT2D eigenvalue weighted by Gasteiger charge is 2.89. The Balaban J connectivity index is 1.69. The number of nitrogens with zero attached hydrogens (tertiary/aromatic N) is 1. The van der Waals surface area contributed by atoms with Gasteiger partial charge in [-0.3, -0.25) is 19.2 Å². The number of phenols is 1. The average Bonchev–Trinajstić information content (AvgIpc) is 3.17. The summed E-state index contributed by atoms with van der Waals surface area (Å²) in [4.78, 5) is 55.6. The smallest absolute Gasteiger partial charge is 0.238 e. The summed E-state index contributed by atoms with van der Waals surface area (Å²) < 4.78 is 0. The number of ketones is 3. The standard InChI is InChI=1S/C27H33N3O8/c1-11-20(33)26(37)16-8-12-7-13-15(30(5)6)9-14(29-17(31)10-28-24(2,3)4)19(32)18(13)22(35)25(12,23(26)36)27(16,38)21(11)34/h9,12,16,28,32,34,37-38H,7-8,10H2,1-6H3,(H,29,31)/t12-,16+,25?,26+,27-/m0/s1. The molecule has 11 heteroatoms. The van der Waals surface area contributed by atoms with Crippen molar-refractivity contribution in [3.05, 3.63) is 28.5 Å². The number of nitrogens with one attached hydrogen (secondary N) is 2. The molecule has 4 aliphatic rings. The van der Waals surface area contributed by atoms with E-state index < -0.39 is 63.2 Å². The van der Waals surface area contributed by atoms with Crippen LogP contribution in [0.1, 0.15) is 50.0 Å². The molecular formula is C27H33N3O8. The second-order valence-electron chi connectivity index (χ2n) is 12.2. The number of aliphatic hydroxyl groups excluding tert-OH is 1. The molecule has 1 aromatic rings. The molecule has 1 aromatic carbocycles. The van der Waals surface area contributed by atoms with Crippen molar-refractivity contribution < 1.29 is 39.6 Å². The SMILES string of the molecule is CC1=C(O)[C@@]2(O)[C@@H]3C[C@@H]4Cc5c(N(C)C)cc(NC(=O)CNC(C)(C)C)c(O)c5C(=O)C42C(=O)[C@]3(O)C1=O. The maximum atomic E-state index is 14.4. The number of Topliss-reactive ketones (excluding diaryl/α,β-unsaturated/α-hetero) is 3. The van der Waals surface area contributed by atoms with Crippen LogP contribution >= 0.6 is 0 Å². The van der Waals surface area contributed by atoms with Gasteiger partial charge >= 0.3 is 0 Å². The molecule has 5 atom stereocenters. The van der Waals surface area contributed by atoms with Crippen molar-refractivity contribution in [3.63, 3.8) is 0 Å². The molecule has 2 fully saturated rings. The van der Waals surface area contributed by atoms with E-state index in [9.17, 15) is 39.6 Å². The second kappa shape index (κ2) is 7.64. The van der Waals surface area contributed by atoms with Gasteiger partial charge in [0.1, 0.15) is 22.5 Å². The van der Waals surface area contributed by atoms with E-state index in [1.807, 2.05) is 20.8 Å². The normalized spacial score (nSPS) is 33.4. The summed E-state index contributed by atoms with van der Waals surface area (Å²) in [6.07, 6.45) is 0.000686. The van der Waals surface area contributed by atoms with Crippen LogP contribution in [0.4, 0.5) is 11.4 Å². The van der Waals surface area contributed by atoms with Crippen molar-refractivity contribution in [2.75, 3.05) is 30.9 Å². The van der Waals surface area contributed by atoms with E-state index in [2.05, 4.69) is 10.6 Å². The second-order valence-corrected chi connectivity index (χ2v) is 12.2. The van der Waals surface area contributed by atoms with Crippen LogP contribution in [0.2, 0.25) is 0 Å². The number of anilines is 2. The Bertz CT molecular complexity index is 1380. The van der Waals surface area contributed by atoms with Gasteiger partial charge < -0.3 is 36.0 Å². The van der Waals surface area contributed by atoms with Crippen LogP contribution in [-0.2, 0) is 20.8 Å². The molecule has 1 unspecified atom stereocenters. The number of phenolic OH excluding ortho intramolecular Hbond substituents is 1. The first kappa shape index (κ1) is 26.3. The van der Waals surface area contributed by atoms with Crippen LogP contribution in [-0.4, -0.2) is 81.1 Å². The van der Waals surface area contributed by atoms with Gasteiger partial charge in [-0.1, -0.05) is 0 Å². The maximum Gasteiger partial charge on any atom is 0.238 e. The molecule has 0 saturated heterocycles. The van der Waals surface area contributed by atoms with Gasteiger partial charge in [-0.15, -0.1) is 0 Å². The van der Waals surface area contributed by atoms with Crippen LogP contribution in [0.3, 0.4) is 0 Å². The molecule has 4 bridgehead atoms. The summed E-state index contributed by atoms with van der Waals surface area (Å²) >= 11 is 0. The molecule has 38 heavy (non-hydrogen) atoms. The van der Waals surface area contributed by atoms with Crippen LogP contribution in [0.15, 0.2) is 17.4 Å². The van der Waals surface area contributed by atoms with Crippen molar-refractivity contribution in [2.24, 2.45) is 17.3 Å². The number of amides is 1. The van der Waals surface area contributed by atoms with Crippen LogP contribution < -0.4 is 15.5 Å². The van der Waals surface area contributed by atoms with Gasteiger partial charge in [0.2, 0.25) is 11.7 Å². The Morgan fingerprint density at radius 3 is 2.34 bits per heavy atom.